The van der Waals surface area contributed by atoms with Gasteiger partial charge in [0.25, 0.3) is 0 Å². The first kappa shape index (κ1) is 16.8. The third-order valence-electron chi connectivity index (χ3n) is 5.66. The van der Waals surface area contributed by atoms with Crippen LogP contribution in [-0.4, -0.2) is 12.7 Å². The largest absolute Gasteiger partial charge is 0.538 e. The molecule has 0 radical (unpaired) electrons. The maximum absolute atomic E-state index is 9.44. The summed E-state index contributed by atoms with van der Waals surface area (Å²) in [6.45, 7) is 0. The Morgan fingerprint density at radius 2 is 1.18 bits per heavy atom. The molecule has 5 rings (SSSR count). The summed E-state index contributed by atoms with van der Waals surface area (Å²) in [5.41, 5.74) is 6.62. The van der Waals surface area contributed by atoms with E-state index in [2.05, 4.69) is 91.0 Å². The van der Waals surface area contributed by atoms with Crippen LogP contribution in [0.5, 0.6) is 5.75 Å². The Balaban J connectivity index is 1.96. The molecule has 1 aliphatic carbocycles. The van der Waals surface area contributed by atoms with Crippen molar-refractivity contribution >= 4 is 7.69 Å². The predicted molar refractivity (Wildman–Crippen MR) is 114 cm³/mol. The summed E-state index contributed by atoms with van der Waals surface area (Å²) in [6, 6.07) is 35.9. The van der Waals surface area contributed by atoms with E-state index in [0.717, 1.165) is 11.1 Å². The zero-order valence-corrected chi connectivity index (χ0v) is 15.4. The molecule has 4 aromatic carbocycles. The van der Waals surface area contributed by atoms with Crippen LogP contribution in [0.25, 0.3) is 11.1 Å². The fourth-order valence-electron chi connectivity index (χ4n) is 4.65. The summed E-state index contributed by atoms with van der Waals surface area (Å²) in [4.78, 5) is 0. The molecule has 0 fully saturated rings. The standard InChI is InChI=1S/C25H19BO2/c27-26-28-23-17-9-16-22-24(23)20-14-7-8-15-21(20)25(22,18-10-3-1-4-11-18)19-12-5-2-6-13-19/h1-17,26-27H. The summed E-state index contributed by atoms with van der Waals surface area (Å²) in [5, 5.41) is 9.44. The number of hydrogen-bond acceptors (Lipinski definition) is 2. The molecule has 28 heavy (non-hydrogen) atoms. The maximum Gasteiger partial charge on any atom is 0.504 e. The molecule has 4 aromatic rings. The third kappa shape index (κ3) is 2.27. The lowest BCUT2D eigenvalue weighted by Gasteiger charge is -2.33. The first-order valence-electron chi connectivity index (χ1n) is 9.45. The van der Waals surface area contributed by atoms with Gasteiger partial charge in [-0.2, -0.15) is 0 Å². The molecule has 0 heterocycles. The molecule has 1 N–H and O–H groups in total. The maximum atomic E-state index is 9.44. The zero-order chi connectivity index (χ0) is 19.0. The molecule has 0 atom stereocenters. The van der Waals surface area contributed by atoms with Gasteiger partial charge in [0.05, 0.1) is 5.41 Å². The quantitative estimate of drug-likeness (QED) is 0.470. The second-order valence-electron chi connectivity index (χ2n) is 6.98. The van der Waals surface area contributed by atoms with Crippen molar-refractivity contribution < 1.29 is 9.68 Å². The Labute approximate surface area is 165 Å². The van der Waals surface area contributed by atoms with Gasteiger partial charge in [0.15, 0.2) is 0 Å². The van der Waals surface area contributed by atoms with E-state index < -0.39 is 5.41 Å². The Hall–Kier alpha value is -3.30. The number of hydrogen-bond donors (Lipinski definition) is 1. The smallest absolute Gasteiger partial charge is 0.504 e. The SMILES string of the molecule is OBOc1cccc2c1-c1ccccc1C2(c1ccccc1)c1ccccc1. The van der Waals surface area contributed by atoms with E-state index in [1.807, 2.05) is 12.1 Å². The molecular formula is C25H19BO2. The Kier molecular flexibility index (Phi) is 4.03. The highest BCUT2D eigenvalue weighted by molar-refractivity contribution is 6.17. The van der Waals surface area contributed by atoms with Gasteiger partial charge in [0.2, 0.25) is 0 Å². The van der Waals surface area contributed by atoms with Gasteiger partial charge in [-0.15, -0.1) is 0 Å². The van der Waals surface area contributed by atoms with Crippen LogP contribution in [0.3, 0.4) is 0 Å². The van der Waals surface area contributed by atoms with Crippen LogP contribution in [0.1, 0.15) is 22.3 Å². The molecule has 0 aromatic heterocycles. The Bertz CT molecular complexity index is 1080. The number of fused-ring (bicyclic) bond motifs is 3. The van der Waals surface area contributed by atoms with Gasteiger partial charge < -0.3 is 9.68 Å². The van der Waals surface area contributed by atoms with Gasteiger partial charge in [0, 0.05) is 5.56 Å². The molecule has 134 valence electrons. The highest BCUT2D eigenvalue weighted by atomic mass is 16.5. The van der Waals surface area contributed by atoms with Crippen molar-refractivity contribution in [3.63, 3.8) is 0 Å². The van der Waals surface area contributed by atoms with E-state index in [4.69, 9.17) is 4.65 Å². The summed E-state index contributed by atoms with van der Waals surface area (Å²) in [7, 11) is -0.345. The van der Waals surface area contributed by atoms with E-state index in [9.17, 15) is 5.02 Å². The molecule has 0 aliphatic heterocycles. The molecule has 0 amide bonds. The first-order valence-corrected chi connectivity index (χ1v) is 9.45. The van der Waals surface area contributed by atoms with E-state index >= 15 is 0 Å². The highest BCUT2D eigenvalue weighted by Gasteiger charge is 2.46. The Morgan fingerprint density at radius 3 is 1.82 bits per heavy atom. The minimum Gasteiger partial charge on any atom is -0.538 e. The van der Waals surface area contributed by atoms with Gasteiger partial charge in [-0.05, 0) is 33.9 Å². The van der Waals surface area contributed by atoms with Crippen molar-refractivity contribution in [1.29, 1.82) is 0 Å². The van der Waals surface area contributed by atoms with E-state index in [1.54, 1.807) is 0 Å². The van der Waals surface area contributed by atoms with Crippen LogP contribution < -0.4 is 4.65 Å². The van der Waals surface area contributed by atoms with Crippen LogP contribution in [0.15, 0.2) is 103 Å². The van der Waals surface area contributed by atoms with E-state index in [1.165, 1.54) is 22.3 Å². The van der Waals surface area contributed by atoms with Crippen molar-refractivity contribution in [2.24, 2.45) is 0 Å². The van der Waals surface area contributed by atoms with Gasteiger partial charge in [-0.1, -0.05) is 97.1 Å². The topological polar surface area (TPSA) is 29.5 Å². The average molecular weight is 362 g/mol. The van der Waals surface area contributed by atoms with Crippen molar-refractivity contribution in [1.82, 2.24) is 0 Å². The molecule has 0 bridgehead atoms. The first-order chi connectivity index (χ1) is 13.9. The minimum atomic E-state index is -0.427. The summed E-state index contributed by atoms with van der Waals surface area (Å²) in [6.07, 6.45) is 0. The predicted octanol–water partition coefficient (Wildman–Crippen LogP) is 4.69. The molecule has 3 heteroatoms. The van der Waals surface area contributed by atoms with Crippen molar-refractivity contribution in [3.8, 4) is 16.9 Å². The monoisotopic (exact) mass is 362 g/mol. The second kappa shape index (κ2) is 6.70. The van der Waals surface area contributed by atoms with Gasteiger partial charge in [-0.25, -0.2) is 0 Å². The molecular weight excluding hydrogens is 343 g/mol. The molecule has 0 saturated carbocycles. The normalized spacial score (nSPS) is 13.5. The van der Waals surface area contributed by atoms with E-state index in [0.29, 0.717) is 5.75 Å². The number of benzene rings is 4. The minimum absolute atomic E-state index is 0.345. The average Bonchev–Trinajstić information content (AvgIpc) is 3.07. The van der Waals surface area contributed by atoms with Crippen molar-refractivity contribution in [2.75, 3.05) is 0 Å². The summed E-state index contributed by atoms with van der Waals surface area (Å²) < 4.78 is 5.63. The fraction of sp³-hybridized carbons (Fsp3) is 0.0400. The fourth-order valence-corrected chi connectivity index (χ4v) is 4.65. The van der Waals surface area contributed by atoms with Crippen LogP contribution in [0, 0.1) is 0 Å². The van der Waals surface area contributed by atoms with E-state index in [-0.39, 0.29) is 7.69 Å². The lowest BCUT2D eigenvalue weighted by Crippen LogP contribution is -2.28. The van der Waals surface area contributed by atoms with Crippen molar-refractivity contribution in [3.05, 3.63) is 125 Å². The molecule has 0 saturated heterocycles. The molecule has 2 nitrogen and oxygen atoms in total. The van der Waals surface area contributed by atoms with Gasteiger partial charge in [-0.3, -0.25) is 0 Å². The lowest BCUT2D eigenvalue weighted by atomic mass is 9.68. The summed E-state index contributed by atoms with van der Waals surface area (Å²) in [5.74, 6) is 0.709. The lowest BCUT2D eigenvalue weighted by molar-refractivity contribution is 0.454. The third-order valence-corrected chi connectivity index (χ3v) is 5.66. The molecule has 0 unspecified atom stereocenters. The van der Waals surface area contributed by atoms with Crippen LogP contribution in [0.2, 0.25) is 0 Å². The Morgan fingerprint density at radius 1 is 0.607 bits per heavy atom. The highest BCUT2D eigenvalue weighted by Crippen LogP contribution is 2.58. The summed E-state index contributed by atoms with van der Waals surface area (Å²) >= 11 is 0. The van der Waals surface area contributed by atoms with Crippen LogP contribution in [-0.2, 0) is 5.41 Å². The zero-order valence-electron chi connectivity index (χ0n) is 15.4. The van der Waals surface area contributed by atoms with Crippen molar-refractivity contribution in [2.45, 2.75) is 5.41 Å². The molecule has 0 spiro atoms. The van der Waals surface area contributed by atoms with Crippen LogP contribution >= 0.6 is 0 Å². The van der Waals surface area contributed by atoms with Gasteiger partial charge in [0.1, 0.15) is 5.75 Å². The van der Waals surface area contributed by atoms with Crippen LogP contribution in [0.4, 0.5) is 0 Å². The second-order valence-corrected chi connectivity index (χ2v) is 6.98. The molecule has 1 aliphatic rings. The van der Waals surface area contributed by atoms with Gasteiger partial charge >= 0.3 is 7.69 Å². The number of rotatable bonds is 4.